The molecule has 2 aromatic rings. The van der Waals surface area contributed by atoms with E-state index in [-0.39, 0.29) is 5.41 Å². The van der Waals surface area contributed by atoms with Crippen molar-refractivity contribution in [3.05, 3.63) is 53.7 Å². The van der Waals surface area contributed by atoms with Gasteiger partial charge in [-0.15, -0.1) is 0 Å². The van der Waals surface area contributed by atoms with Crippen molar-refractivity contribution in [2.75, 3.05) is 25.9 Å². The largest absolute Gasteiger partial charge is 0.497 e. The van der Waals surface area contributed by atoms with Gasteiger partial charge in [0.1, 0.15) is 11.6 Å². The smallest absolute Gasteiger partial charge is 0.126 e. The van der Waals surface area contributed by atoms with Gasteiger partial charge in [0, 0.05) is 6.20 Å². The highest BCUT2D eigenvalue weighted by Gasteiger charge is 2.33. The lowest BCUT2D eigenvalue weighted by atomic mass is 9.69. The molecule has 1 fully saturated rings. The van der Waals surface area contributed by atoms with Crippen LogP contribution in [0.5, 0.6) is 5.75 Å². The molecule has 0 spiro atoms. The van der Waals surface area contributed by atoms with Crippen LogP contribution >= 0.6 is 0 Å². The minimum atomic E-state index is 0.208. The number of nitrogens with one attached hydrogen (secondary N) is 1. The van der Waals surface area contributed by atoms with Crippen molar-refractivity contribution in [1.29, 1.82) is 0 Å². The molecule has 23 heavy (non-hydrogen) atoms. The lowest BCUT2D eigenvalue weighted by molar-refractivity contribution is 0.287. The van der Waals surface area contributed by atoms with E-state index in [1.165, 1.54) is 5.56 Å². The molecule has 0 saturated carbocycles. The quantitative estimate of drug-likeness (QED) is 0.891. The number of nitrogens with zero attached hydrogens (tertiary/aromatic N) is 1. The van der Waals surface area contributed by atoms with Crippen LogP contribution in [0.25, 0.3) is 0 Å². The third kappa shape index (κ3) is 3.48. The molecule has 0 radical (unpaired) electrons. The first-order valence-corrected chi connectivity index (χ1v) is 8.28. The summed E-state index contributed by atoms with van der Waals surface area (Å²) in [5.74, 6) is 1.57. The molecule has 1 saturated heterocycles. The minimum Gasteiger partial charge on any atom is -0.497 e. The Kier molecular flexibility index (Phi) is 4.82. The van der Waals surface area contributed by atoms with Gasteiger partial charge >= 0.3 is 0 Å². The van der Waals surface area contributed by atoms with Gasteiger partial charge in [-0.25, -0.2) is 4.98 Å². The molecule has 0 bridgehead atoms. The standard InChI is InChI=1S/C19H25N3O/c1-23-17-6-4-16(5-7-17)19(10-13-21-14-11-19)9-8-15-3-2-12-22-18(15)20/h2-7,12,21H,8-11,13-14H2,1H3,(H2,20,22). The van der Waals surface area contributed by atoms with Gasteiger partial charge in [-0.3, -0.25) is 0 Å². The summed E-state index contributed by atoms with van der Waals surface area (Å²) in [6.07, 6.45) is 6.12. The summed E-state index contributed by atoms with van der Waals surface area (Å²) < 4.78 is 5.30. The number of hydrogen-bond donors (Lipinski definition) is 2. The second kappa shape index (κ2) is 7.01. The van der Waals surface area contributed by atoms with Gasteiger partial charge in [-0.05, 0) is 73.5 Å². The van der Waals surface area contributed by atoms with Crippen molar-refractivity contribution in [2.45, 2.75) is 31.1 Å². The minimum absolute atomic E-state index is 0.208. The van der Waals surface area contributed by atoms with Crippen molar-refractivity contribution in [2.24, 2.45) is 0 Å². The summed E-state index contributed by atoms with van der Waals surface area (Å²) in [7, 11) is 1.71. The first-order chi connectivity index (χ1) is 11.2. The Morgan fingerprint density at radius 2 is 1.91 bits per heavy atom. The summed E-state index contributed by atoms with van der Waals surface area (Å²) in [4.78, 5) is 4.21. The van der Waals surface area contributed by atoms with E-state index in [0.717, 1.165) is 50.1 Å². The number of nitrogen functional groups attached to an aromatic ring is 1. The van der Waals surface area contributed by atoms with Crippen LogP contribution < -0.4 is 15.8 Å². The molecule has 0 unspecified atom stereocenters. The van der Waals surface area contributed by atoms with Crippen LogP contribution in [0.3, 0.4) is 0 Å². The Morgan fingerprint density at radius 1 is 1.17 bits per heavy atom. The SMILES string of the molecule is COc1ccc(C2(CCc3cccnc3N)CCNCC2)cc1. The molecule has 1 aliphatic heterocycles. The van der Waals surface area contributed by atoms with E-state index >= 15 is 0 Å². The Labute approximate surface area is 138 Å². The molecule has 2 heterocycles. The third-order valence-electron chi connectivity index (χ3n) is 5.06. The highest BCUT2D eigenvalue weighted by atomic mass is 16.5. The van der Waals surface area contributed by atoms with Crippen LogP contribution in [0.15, 0.2) is 42.6 Å². The topological polar surface area (TPSA) is 60.2 Å². The van der Waals surface area contributed by atoms with Gasteiger partial charge in [0.25, 0.3) is 0 Å². The van der Waals surface area contributed by atoms with Crippen molar-refractivity contribution in [3.63, 3.8) is 0 Å². The average Bonchev–Trinajstić information content (AvgIpc) is 2.62. The Bertz CT molecular complexity index is 633. The molecular weight excluding hydrogens is 286 g/mol. The van der Waals surface area contributed by atoms with Gasteiger partial charge in [-0.2, -0.15) is 0 Å². The van der Waals surface area contributed by atoms with E-state index < -0.39 is 0 Å². The van der Waals surface area contributed by atoms with Gasteiger partial charge in [0.15, 0.2) is 0 Å². The summed E-state index contributed by atoms with van der Waals surface area (Å²) in [5.41, 5.74) is 8.78. The van der Waals surface area contributed by atoms with Crippen molar-refractivity contribution < 1.29 is 4.74 Å². The maximum Gasteiger partial charge on any atom is 0.126 e. The van der Waals surface area contributed by atoms with Gasteiger partial charge in [0.05, 0.1) is 7.11 Å². The van der Waals surface area contributed by atoms with Crippen molar-refractivity contribution in [1.82, 2.24) is 10.3 Å². The molecular formula is C19H25N3O. The zero-order valence-corrected chi connectivity index (χ0v) is 13.7. The second-order valence-electron chi connectivity index (χ2n) is 6.31. The molecule has 122 valence electrons. The third-order valence-corrected chi connectivity index (χ3v) is 5.06. The molecule has 1 aromatic heterocycles. The zero-order chi connectivity index (χ0) is 16.1. The number of anilines is 1. The van der Waals surface area contributed by atoms with Crippen LogP contribution in [-0.2, 0) is 11.8 Å². The molecule has 4 heteroatoms. The predicted molar refractivity (Wildman–Crippen MR) is 93.7 cm³/mol. The molecule has 3 rings (SSSR count). The van der Waals surface area contributed by atoms with E-state index in [2.05, 4.69) is 40.6 Å². The first kappa shape index (κ1) is 15.8. The van der Waals surface area contributed by atoms with Gasteiger partial charge in [-0.1, -0.05) is 18.2 Å². The Balaban J connectivity index is 1.82. The number of hydrogen-bond acceptors (Lipinski definition) is 4. The fourth-order valence-corrected chi connectivity index (χ4v) is 3.57. The lowest BCUT2D eigenvalue weighted by Crippen LogP contribution is -2.40. The number of aryl methyl sites for hydroxylation is 1. The zero-order valence-electron chi connectivity index (χ0n) is 13.7. The highest BCUT2D eigenvalue weighted by Crippen LogP contribution is 2.38. The van der Waals surface area contributed by atoms with E-state index in [1.54, 1.807) is 13.3 Å². The summed E-state index contributed by atoms with van der Waals surface area (Å²) in [6.45, 7) is 2.13. The normalized spacial score (nSPS) is 16.9. The summed E-state index contributed by atoms with van der Waals surface area (Å²) in [5, 5.41) is 3.48. The second-order valence-corrected chi connectivity index (χ2v) is 6.31. The molecule has 3 N–H and O–H groups in total. The number of pyridine rings is 1. The molecule has 1 aromatic carbocycles. The number of piperidine rings is 1. The van der Waals surface area contributed by atoms with Crippen LogP contribution in [0, 0.1) is 0 Å². The molecule has 0 atom stereocenters. The summed E-state index contributed by atoms with van der Waals surface area (Å²) in [6, 6.07) is 12.6. The number of aromatic nitrogens is 1. The Hall–Kier alpha value is -2.07. The van der Waals surface area contributed by atoms with E-state index in [4.69, 9.17) is 10.5 Å². The number of benzene rings is 1. The van der Waals surface area contributed by atoms with E-state index in [0.29, 0.717) is 5.82 Å². The van der Waals surface area contributed by atoms with E-state index in [1.807, 2.05) is 6.07 Å². The van der Waals surface area contributed by atoms with Gasteiger partial charge in [0.2, 0.25) is 0 Å². The Morgan fingerprint density at radius 3 is 2.57 bits per heavy atom. The first-order valence-electron chi connectivity index (χ1n) is 8.28. The number of methoxy groups -OCH3 is 1. The maximum absolute atomic E-state index is 6.02. The number of rotatable bonds is 5. The van der Waals surface area contributed by atoms with Crippen LogP contribution in [0.2, 0.25) is 0 Å². The van der Waals surface area contributed by atoms with E-state index in [9.17, 15) is 0 Å². The van der Waals surface area contributed by atoms with Crippen molar-refractivity contribution >= 4 is 5.82 Å². The molecule has 1 aliphatic rings. The molecule has 0 aliphatic carbocycles. The number of nitrogens with two attached hydrogens (primary N) is 1. The highest BCUT2D eigenvalue weighted by molar-refractivity contribution is 5.39. The predicted octanol–water partition coefficient (Wildman–Crippen LogP) is 2.93. The lowest BCUT2D eigenvalue weighted by Gasteiger charge is -2.38. The van der Waals surface area contributed by atoms with Crippen molar-refractivity contribution in [3.8, 4) is 5.75 Å². The van der Waals surface area contributed by atoms with Crippen LogP contribution in [-0.4, -0.2) is 25.2 Å². The maximum atomic E-state index is 6.02. The monoisotopic (exact) mass is 311 g/mol. The van der Waals surface area contributed by atoms with Crippen LogP contribution in [0.4, 0.5) is 5.82 Å². The van der Waals surface area contributed by atoms with Gasteiger partial charge < -0.3 is 15.8 Å². The number of ether oxygens (including phenoxy) is 1. The van der Waals surface area contributed by atoms with Crippen LogP contribution in [0.1, 0.15) is 30.4 Å². The average molecular weight is 311 g/mol. The fraction of sp³-hybridized carbons (Fsp3) is 0.421. The molecule has 4 nitrogen and oxygen atoms in total. The molecule has 0 amide bonds. The fourth-order valence-electron chi connectivity index (χ4n) is 3.57. The summed E-state index contributed by atoms with van der Waals surface area (Å²) >= 11 is 0.